The van der Waals surface area contributed by atoms with Gasteiger partial charge in [0.05, 0.1) is 16.1 Å². The second kappa shape index (κ2) is 5.12. The van der Waals surface area contributed by atoms with Crippen LogP contribution in [0.25, 0.3) is 11.0 Å². The van der Waals surface area contributed by atoms with Crippen molar-refractivity contribution in [3.05, 3.63) is 28.0 Å². The standard InChI is InChI=1S/C12H14ClN3OS/c1-3-15(2)10(17)7-16-11-8(13)5-4-6-9(11)14-12(16)18/h4-6H,3,7H2,1-2H3,(H,14,18). The second-order valence-corrected chi connectivity index (χ2v) is 4.85. The molecule has 0 fully saturated rings. The normalized spacial score (nSPS) is 10.8. The van der Waals surface area contributed by atoms with Crippen LogP contribution in [0.15, 0.2) is 18.2 Å². The van der Waals surface area contributed by atoms with E-state index in [-0.39, 0.29) is 12.5 Å². The summed E-state index contributed by atoms with van der Waals surface area (Å²) in [4.78, 5) is 16.7. The molecule has 2 aromatic rings. The van der Waals surface area contributed by atoms with E-state index < -0.39 is 0 Å². The first-order chi connectivity index (χ1) is 8.54. The Kier molecular flexibility index (Phi) is 3.73. The van der Waals surface area contributed by atoms with Gasteiger partial charge in [-0.2, -0.15) is 0 Å². The molecular formula is C12H14ClN3OS. The lowest BCUT2D eigenvalue weighted by Crippen LogP contribution is -2.29. The fourth-order valence-corrected chi connectivity index (χ4v) is 2.30. The highest BCUT2D eigenvalue weighted by molar-refractivity contribution is 7.71. The Bertz CT molecular complexity index is 646. The second-order valence-electron chi connectivity index (χ2n) is 4.06. The molecule has 0 aliphatic carbocycles. The van der Waals surface area contributed by atoms with Crippen molar-refractivity contribution in [3.63, 3.8) is 0 Å². The summed E-state index contributed by atoms with van der Waals surface area (Å²) in [5.41, 5.74) is 1.63. The van der Waals surface area contributed by atoms with Gasteiger partial charge < -0.3 is 14.5 Å². The predicted molar refractivity (Wildman–Crippen MR) is 75.4 cm³/mol. The van der Waals surface area contributed by atoms with E-state index in [1.54, 1.807) is 22.6 Å². The van der Waals surface area contributed by atoms with Crippen LogP contribution < -0.4 is 0 Å². The van der Waals surface area contributed by atoms with Gasteiger partial charge in [-0.3, -0.25) is 4.79 Å². The number of carbonyl (C=O) groups is 1. The van der Waals surface area contributed by atoms with E-state index in [0.717, 1.165) is 11.0 Å². The molecule has 0 aliphatic rings. The van der Waals surface area contributed by atoms with Crippen LogP contribution in [0.4, 0.5) is 0 Å². The molecular weight excluding hydrogens is 270 g/mol. The van der Waals surface area contributed by atoms with Crippen molar-refractivity contribution in [2.24, 2.45) is 0 Å². The molecule has 1 amide bonds. The molecule has 0 unspecified atom stereocenters. The number of benzene rings is 1. The minimum atomic E-state index is 0.00872. The Morgan fingerprint density at radius 1 is 1.56 bits per heavy atom. The maximum absolute atomic E-state index is 12.0. The van der Waals surface area contributed by atoms with Crippen LogP contribution in [0.2, 0.25) is 5.02 Å². The number of likely N-dealkylation sites (N-methyl/N-ethyl adjacent to an activating group) is 1. The number of rotatable bonds is 3. The molecule has 0 spiro atoms. The molecule has 0 atom stereocenters. The topological polar surface area (TPSA) is 41.0 Å². The molecule has 2 rings (SSSR count). The third-order valence-corrected chi connectivity index (χ3v) is 3.56. The van der Waals surface area contributed by atoms with E-state index in [4.69, 9.17) is 23.8 Å². The van der Waals surface area contributed by atoms with Crippen LogP contribution in [0.3, 0.4) is 0 Å². The van der Waals surface area contributed by atoms with Crippen molar-refractivity contribution in [2.75, 3.05) is 13.6 Å². The lowest BCUT2D eigenvalue weighted by Gasteiger charge is -2.15. The molecule has 0 saturated carbocycles. The van der Waals surface area contributed by atoms with Crippen LogP contribution in [0.1, 0.15) is 6.92 Å². The van der Waals surface area contributed by atoms with Gasteiger partial charge in [0.15, 0.2) is 4.77 Å². The summed E-state index contributed by atoms with van der Waals surface area (Å²) in [5.74, 6) is 0.00872. The van der Waals surface area contributed by atoms with Crippen molar-refractivity contribution < 1.29 is 4.79 Å². The number of carbonyl (C=O) groups excluding carboxylic acids is 1. The predicted octanol–water partition coefficient (Wildman–Crippen LogP) is 2.83. The third-order valence-electron chi connectivity index (χ3n) is 2.94. The molecule has 1 aromatic heterocycles. The van der Waals surface area contributed by atoms with Gasteiger partial charge in [-0.25, -0.2) is 0 Å². The minimum Gasteiger partial charge on any atom is -0.344 e. The van der Waals surface area contributed by atoms with E-state index in [2.05, 4.69) is 4.98 Å². The van der Waals surface area contributed by atoms with Gasteiger partial charge in [0.2, 0.25) is 5.91 Å². The summed E-state index contributed by atoms with van der Waals surface area (Å²) in [6, 6.07) is 5.53. The van der Waals surface area contributed by atoms with Gasteiger partial charge >= 0.3 is 0 Å². The number of hydrogen-bond acceptors (Lipinski definition) is 2. The molecule has 0 radical (unpaired) electrons. The Morgan fingerprint density at radius 3 is 2.94 bits per heavy atom. The van der Waals surface area contributed by atoms with E-state index in [9.17, 15) is 4.79 Å². The maximum atomic E-state index is 12.0. The first-order valence-electron chi connectivity index (χ1n) is 5.65. The summed E-state index contributed by atoms with van der Waals surface area (Å²) in [6.07, 6.45) is 0. The van der Waals surface area contributed by atoms with Crippen LogP contribution >= 0.6 is 23.8 Å². The van der Waals surface area contributed by atoms with Crippen LogP contribution in [-0.2, 0) is 11.3 Å². The van der Waals surface area contributed by atoms with Gasteiger partial charge in [0.25, 0.3) is 0 Å². The van der Waals surface area contributed by atoms with Crippen molar-refractivity contribution in [1.29, 1.82) is 0 Å². The molecule has 0 bridgehead atoms. The lowest BCUT2D eigenvalue weighted by atomic mass is 10.3. The zero-order valence-corrected chi connectivity index (χ0v) is 11.8. The number of aromatic nitrogens is 2. The Hall–Kier alpha value is -1.33. The molecule has 1 aromatic carbocycles. The summed E-state index contributed by atoms with van der Waals surface area (Å²) in [5, 5.41) is 0.590. The van der Waals surface area contributed by atoms with Crippen LogP contribution in [-0.4, -0.2) is 34.0 Å². The Labute approximate surface area is 115 Å². The zero-order valence-electron chi connectivity index (χ0n) is 10.2. The molecule has 18 heavy (non-hydrogen) atoms. The molecule has 4 nitrogen and oxygen atoms in total. The van der Waals surface area contributed by atoms with E-state index in [1.165, 1.54) is 0 Å². The van der Waals surface area contributed by atoms with Gasteiger partial charge in [-0.1, -0.05) is 17.7 Å². The van der Waals surface area contributed by atoms with Gasteiger partial charge in [-0.05, 0) is 31.3 Å². The van der Waals surface area contributed by atoms with Crippen molar-refractivity contribution in [1.82, 2.24) is 14.5 Å². The number of para-hydroxylation sites is 1. The number of nitrogens with zero attached hydrogens (tertiary/aromatic N) is 2. The number of halogens is 1. The van der Waals surface area contributed by atoms with Crippen molar-refractivity contribution in [2.45, 2.75) is 13.5 Å². The molecule has 6 heteroatoms. The molecule has 0 saturated heterocycles. The summed E-state index contributed by atoms with van der Waals surface area (Å²) >= 11 is 11.4. The van der Waals surface area contributed by atoms with Gasteiger partial charge in [0, 0.05) is 13.6 Å². The van der Waals surface area contributed by atoms with Crippen LogP contribution in [0.5, 0.6) is 0 Å². The number of aromatic amines is 1. The van der Waals surface area contributed by atoms with Crippen molar-refractivity contribution in [3.8, 4) is 0 Å². The largest absolute Gasteiger partial charge is 0.344 e. The van der Waals surface area contributed by atoms with E-state index in [0.29, 0.717) is 16.3 Å². The Morgan fingerprint density at radius 2 is 2.28 bits per heavy atom. The summed E-state index contributed by atoms with van der Waals surface area (Å²) in [7, 11) is 1.77. The number of hydrogen-bond donors (Lipinski definition) is 1. The molecule has 96 valence electrons. The number of amides is 1. The highest BCUT2D eigenvalue weighted by Crippen LogP contribution is 2.23. The van der Waals surface area contributed by atoms with Gasteiger partial charge in [0.1, 0.15) is 6.54 Å². The quantitative estimate of drug-likeness (QED) is 0.880. The highest BCUT2D eigenvalue weighted by atomic mass is 35.5. The lowest BCUT2D eigenvalue weighted by molar-refractivity contribution is -0.130. The highest BCUT2D eigenvalue weighted by Gasteiger charge is 2.13. The molecule has 1 heterocycles. The zero-order chi connectivity index (χ0) is 13.3. The molecule has 1 N–H and O–H groups in total. The number of imidazole rings is 1. The number of fused-ring (bicyclic) bond motifs is 1. The monoisotopic (exact) mass is 283 g/mol. The first kappa shape index (κ1) is 13.1. The molecule has 0 aliphatic heterocycles. The van der Waals surface area contributed by atoms with Crippen molar-refractivity contribution >= 4 is 40.8 Å². The van der Waals surface area contributed by atoms with E-state index in [1.807, 2.05) is 19.1 Å². The average molecular weight is 284 g/mol. The third kappa shape index (κ3) is 2.28. The minimum absolute atomic E-state index is 0.00872. The summed E-state index contributed by atoms with van der Waals surface area (Å²) in [6.45, 7) is 2.80. The average Bonchev–Trinajstić information content (AvgIpc) is 2.66. The fraction of sp³-hybridized carbons (Fsp3) is 0.333. The van der Waals surface area contributed by atoms with E-state index >= 15 is 0 Å². The number of H-pyrrole nitrogens is 1. The number of nitrogens with one attached hydrogen (secondary N) is 1. The van der Waals surface area contributed by atoms with Crippen LogP contribution in [0, 0.1) is 4.77 Å². The maximum Gasteiger partial charge on any atom is 0.242 e. The fourth-order valence-electron chi connectivity index (χ4n) is 1.76. The Balaban J connectivity index is 2.48. The summed E-state index contributed by atoms with van der Waals surface area (Å²) < 4.78 is 2.25. The SMILES string of the molecule is CCN(C)C(=O)Cn1c(=S)[nH]c2cccc(Cl)c21. The van der Waals surface area contributed by atoms with Gasteiger partial charge in [-0.15, -0.1) is 0 Å². The first-order valence-corrected chi connectivity index (χ1v) is 6.44. The smallest absolute Gasteiger partial charge is 0.242 e.